The van der Waals surface area contributed by atoms with E-state index in [0.29, 0.717) is 24.7 Å². The minimum absolute atomic E-state index is 0.00145. The van der Waals surface area contributed by atoms with Crippen molar-refractivity contribution in [2.45, 2.75) is 12.1 Å². The van der Waals surface area contributed by atoms with Gasteiger partial charge >= 0.3 is 0 Å². The summed E-state index contributed by atoms with van der Waals surface area (Å²) in [5.74, 6) is 0.372. The summed E-state index contributed by atoms with van der Waals surface area (Å²) in [4.78, 5) is 13.8. The molecule has 0 radical (unpaired) electrons. The van der Waals surface area contributed by atoms with Gasteiger partial charge in [-0.15, -0.1) is 10.2 Å². The van der Waals surface area contributed by atoms with Crippen LogP contribution in [-0.2, 0) is 4.74 Å². The van der Waals surface area contributed by atoms with E-state index in [9.17, 15) is 4.79 Å². The van der Waals surface area contributed by atoms with Gasteiger partial charge in [-0.1, -0.05) is 30.3 Å². The minimum atomic E-state index is -0.250. The second-order valence-corrected chi connectivity index (χ2v) is 6.01. The van der Waals surface area contributed by atoms with Crippen LogP contribution in [0.25, 0.3) is 0 Å². The molecule has 1 amide bonds. The van der Waals surface area contributed by atoms with E-state index in [0.717, 1.165) is 6.54 Å². The Morgan fingerprint density at radius 2 is 2.04 bits per heavy atom. The quantitative estimate of drug-likeness (QED) is 0.854. The Morgan fingerprint density at radius 3 is 2.72 bits per heavy atom. The van der Waals surface area contributed by atoms with Gasteiger partial charge in [0, 0.05) is 20.1 Å². The summed E-state index contributed by atoms with van der Waals surface area (Å²) in [7, 11) is 3.68. The number of nitrogens with one attached hydrogen (secondary N) is 2. The Balaban J connectivity index is 1.67. The molecule has 2 atom stereocenters. The second kappa shape index (κ2) is 8.04. The lowest BCUT2D eigenvalue weighted by Gasteiger charge is -2.39. The van der Waals surface area contributed by atoms with E-state index in [1.807, 2.05) is 18.2 Å². The average molecular weight is 341 g/mol. The van der Waals surface area contributed by atoms with Crippen molar-refractivity contribution in [3.8, 4) is 0 Å². The van der Waals surface area contributed by atoms with E-state index in [2.05, 4.69) is 44.9 Å². The number of likely N-dealkylation sites (N-methyl/N-ethyl adjacent to an activating group) is 1. The zero-order valence-electron chi connectivity index (χ0n) is 14.5. The zero-order chi connectivity index (χ0) is 17.6. The van der Waals surface area contributed by atoms with Crippen LogP contribution in [0.15, 0.2) is 42.5 Å². The smallest absolute Gasteiger partial charge is 0.271 e. The highest BCUT2D eigenvalue weighted by molar-refractivity contribution is 5.91. The predicted octanol–water partition coefficient (Wildman–Crippen LogP) is 1.32. The fraction of sp³-hybridized carbons (Fsp3) is 0.389. The third-order valence-corrected chi connectivity index (χ3v) is 4.35. The molecule has 0 aliphatic carbocycles. The van der Waals surface area contributed by atoms with Crippen molar-refractivity contribution in [2.24, 2.45) is 0 Å². The Hall–Kier alpha value is -2.51. The number of hydrogen-bond acceptors (Lipinski definition) is 6. The van der Waals surface area contributed by atoms with Gasteiger partial charge in [0.1, 0.15) is 5.82 Å². The van der Waals surface area contributed by atoms with Gasteiger partial charge in [-0.25, -0.2) is 0 Å². The highest BCUT2D eigenvalue weighted by atomic mass is 16.5. The first-order valence-electron chi connectivity index (χ1n) is 8.35. The van der Waals surface area contributed by atoms with Crippen LogP contribution in [-0.4, -0.2) is 60.9 Å². The van der Waals surface area contributed by atoms with Crippen LogP contribution in [0.1, 0.15) is 22.1 Å². The molecule has 2 aromatic rings. The fourth-order valence-electron chi connectivity index (χ4n) is 3.03. The highest BCUT2D eigenvalue weighted by Gasteiger charge is 2.31. The normalized spacial score (nSPS) is 20.9. The molecule has 2 N–H and O–H groups in total. The lowest BCUT2D eigenvalue weighted by Crippen LogP contribution is -2.46. The summed E-state index contributed by atoms with van der Waals surface area (Å²) >= 11 is 0. The van der Waals surface area contributed by atoms with Crippen molar-refractivity contribution in [2.75, 3.05) is 39.1 Å². The van der Waals surface area contributed by atoms with Gasteiger partial charge in [0.05, 0.1) is 18.8 Å². The summed E-state index contributed by atoms with van der Waals surface area (Å²) < 4.78 is 6.00. The molecule has 7 nitrogen and oxygen atoms in total. The number of amides is 1. The number of carbonyl (C=O) groups excluding carboxylic acids is 1. The van der Waals surface area contributed by atoms with E-state index in [-0.39, 0.29) is 18.1 Å². The fourth-order valence-corrected chi connectivity index (χ4v) is 3.03. The standard InChI is InChI=1S/C18H23N5O2/c1-19-18(24)14-8-9-16(22-21-14)20-12-15-17(23(2)10-11-25-15)13-6-4-3-5-7-13/h3-9,15,17H,10-12H2,1-2H3,(H,19,24)(H,20,22)/t15-,17-/m0/s1. The Bertz CT molecular complexity index is 692. The molecule has 2 heterocycles. The van der Waals surface area contributed by atoms with E-state index in [4.69, 9.17) is 4.74 Å². The number of anilines is 1. The van der Waals surface area contributed by atoms with E-state index >= 15 is 0 Å². The van der Waals surface area contributed by atoms with Gasteiger partial charge in [-0.2, -0.15) is 0 Å². The van der Waals surface area contributed by atoms with Crippen molar-refractivity contribution in [3.63, 3.8) is 0 Å². The minimum Gasteiger partial charge on any atom is -0.373 e. The lowest BCUT2D eigenvalue weighted by molar-refractivity contribution is -0.0557. The van der Waals surface area contributed by atoms with Crippen molar-refractivity contribution >= 4 is 11.7 Å². The molecular weight excluding hydrogens is 318 g/mol. The third-order valence-electron chi connectivity index (χ3n) is 4.35. The zero-order valence-corrected chi connectivity index (χ0v) is 14.5. The second-order valence-electron chi connectivity index (χ2n) is 6.01. The average Bonchev–Trinajstić information content (AvgIpc) is 2.67. The largest absolute Gasteiger partial charge is 0.373 e. The predicted molar refractivity (Wildman–Crippen MR) is 95.5 cm³/mol. The maximum Gasteiger partial charge on any atom is 0.271 e. The molecule has 1 aromatic carbocycles. The number of ether oxygens (including phenoxy) is 1. The Morgan fingerprint density at radius 1 is 1.24 bits per heavy atom. The molecule has 0 saturated carbocycles. The van der Waals surface area contributed by atoms with Crippen LogP contribution in [0.2, 0.25) is 0 Å². The molecule has 1 aliphatic rings. The number of morpholine rings is 1. The first-order valence-corrected chi connectivity index (χ1v) is 8.35. The maximum absolute atomic E-state index is 11.5. The molecule has 132 valence electrons. The molecule has 1 fully saturated rings. The molecule has 1 aromatic heterocycles. The molecule has 1 saturated heterocycles. The van der Waals surface area contributed by atoms with Crippen LogP contribution in [0.5, 0.6) is 0 Å². The van der Waals surface area contributed by atoms with Crippen LogP contribution in [0.3, 0.4) is 0 Å². The first kappa shape index (κ1) is 17.3. The van der Waals surface area contributed by atoms with Gasteiger partial charge in [0.25, 0.3) is 5.91 Å². The third kappa shape index (κ3) is 4.12. The molecular formula is C18H23N5O2. The molecule has 0 unspecified atom stereocenters. The van der Waals surface area contributed by atoms with Gasteiger partial charge in [-0.05, 0) is 24.7 Å². The van der Waals surface area contributed by atoms with E-state index in [1.54, 1.807) is 19.2 Å². The summed E-state index contributed by atoms with van der Waals surface area (Å²) in [6, 6.07) is 13.9. The van der Waals surface area contributed by atoms with Crippen molar-refractivity contribution < 1.29 is 9.53 Å². The van der Waals surface area contributed by atoms with E-state index in [1.165, 1.54) is 5.56 Å². The molecule has 0 bridgehead atoms. The summed E-state index contributed by atoms with van der Waals surface area (Å²) in [5.41, 5.74) is 1.53. The Kier molecular flexibility index (Phi) is 5.57. The number of hydrogen-bond donors (Lipinski definition) is 2. The molecule has 3 rings (SSSR count). The Labute approximate surface area is 147 Å². The van der Waals surface area contributed by atoms with Crippen LogP contribution in [0, 0.1) is 0 Å². The SMILES string of the molecule is CNC(=O)c1ccc(NC[C@@H]2OCCN(C)[C@H]2c2ccccc2)nn1. The highest BCUT2D eigenvalue weighted by Crippen LogP contribution is 2.28. The van der Waals surface area contributed by atoms with Crippen molar-refractivity contribution in [1.82, 2.24) is 20.4 Å². The number of aromatic nitrogens is 2. The van der Waals surface area contributed by atoms with Gasteiger partial charge in [-0.3, -0.25) is 9.69 Å². The van der Waals surface area contributed by atoms with Gasteiger partial charge in [0.15, 0.2) is 5.69 Å². The molecule has 0 spiro atoms. The van der Waals surface area contributed by atoms with Crippen LogP contribution in [0.4, 0.5) is 5.82 Å². The summed E-state index contributed by atoms with van der Waals surface area (Å²) in [6.07, 6.45) is 0.00145. The number of nitrogens with zero attached hydrogens (tertiary/aromatic N) is 3. The van der Waals surface area contributed by atoms with Crippen LogP contribution < -0.4 is 10.6 Å². The lowest BCUT2D eigenvalue weighted by atomic mass is 9.98. The van der Waals surface area contributed by atoms with Crippen LogP contribution >= 0.6 is 0 Å². The van der Waals surface area contributed by atoms with Gasteiger partial charge < -0.3 is 15.4 Å². The van der Waals surface area contributed by atoms with Crippen molar-refractivity contribution in [3.05, 3.63) is 53.7 Å². The van der Waals surface area contributed by atoms with E-state index < -0.39 is 0 Å². The topological polar surface area (TPSA) is 79.4 Å². The van der Waals surface area contributed by atoms with Gasteiger partial charge in [0.2, 0.25) is 0 Å². The summed E-state index contributed by atoms with van der Waals surface area (Å²) in [5, 5.41) is 13.8. The first-order chi connectivity index (χ1) is 12.2. The number of rotatable bonds is 5. The molecule has 25 heavy (non-hydrogen) atoms. The van der Waals surface area contributed by atoms with Crippen molar-refractivity contribution in [1.29, 1.82) is 0 Å². The monoisotopic (exact) mass is 341 g/mol. The number of carbonyl (C=O) groups is 1. The molecule has 7 heteroatoms. The number of benzene rings is 1. The maximum atomic E-state index is 11.5. The molecule has 1 aliphatic heterocycles. The summed E-state index contributed by atoms with van der Waals surface area (Å²) in [6.45, 7) is 2.21.